The zero-order chi connectivity index (χ0) is 28.9. The van der Waals surface area contributed by atoms with E-state index >= 15 is 0 Å². The average molecular weight is 563 g/mol. The molecule has 42 heavy (non-hydrogen) atoms. The Morgan fingerprint density at radius 3 is 2.67 bits per heavy atom. The maximum Gasteiger partial charge on any atom is 0.251 e. The van der Waals surface area contributed by atoms with E-state index in [9.17, 15) is 9.90 Å². The van der Waals surface area contributed by atoms with E-state index in [1.54, 1.807) is 13.2 Å². The van der Waals surface area contributed by atoms with Gasteiger partial charge in [-0.2, -0.15) is 0 Å². The van der Waals surface area contributed by atoms with Crippen LogP contribution in [0.15, 0.2) is 77.8 Å². The van der Waals surface area contributed by atoms with Crippen molar-refractivity contribution in [3.63, 3.8) is 0 Å². The van der Waals surface area contributed by atoms with Crippen LogP contribution in [0, 0.1) is 0 Å². The molecule has 9 heteroatoms. The van der Waals surface area contributed by atoms with Crippen LogP contribution in [0.5, 0.6) is 5.75 Å². The third kappa shape index (κ3) is 6.26. The molecule has 3 aromatic carbocycles. The van der Waals surface area contributed by atoms with Crippen LogP contribution in [-0.2, 0) is 19.4 Å². The molecule has 1 saturated heterocycles. The van der Waals surface area contributed by atoms with Gasteiger partial charge in [0, 0.05) is 67.3 Å². The number of hydrogen-bond acceptors (Lipinski definition) is 8. The zero-order valence-corrected chi connectivity index (χ0v) is 23.6. The number of anilines is 3. The lowest BCUT2D eigenvalue weighted by Gasteiger charge is -2.31. The van der Waals surface area contributed by atoms with Crippen molar-refractivity contribution < 1.29 is 14.6 Å². The van der Waals surface area contributed by atoms with Crippen molar-refractivity contribution in [3.8, 4) is 5.75 Å². The number of aliphatic hydroxyl groups excluding tert-OH is 1. The number of amides is 1. The Labute approximate surface area is 245 Å². The molecule has 0 unspecified atom stereocenters. The van der Waals surface area contributed by atoms with E-state index in [-0.39, 0.29) is 12.0 Å². The molecule has 214 valence electrons. The highest BCUT2D eigenvalue weighted by Gasteiger charge is 2.21. The van der Waals surface area contributed by atoms with Crippen LogP contribution < -0.4 is 20.3 Å². The van der Waals surface area contributed by atoms with E-state index in [0.717, 1.165) is 59.9 Å². The number of aliphatic hydroxyl groups is 1. The van der Waals surface area contributed by atoms with Crippen molar-refractivity contribution in [2.75, 3.05) is 30.4 Å². The standard InChI is InChI=1S/C33H34N6O3/c1-42-29-20-26(39-16-13-27(40)14-17-39)11-10-23(29)19-30-37-28-12-15-34-31(28)32(38-30)36-25-9-5-8-24(18-25)33(41)35-21-22-6-3-2-4-7-22/h2-11,15,18,20,27,40H,12-14,16-17,19,21H2,1H3,(H,35,41)(H,36,37,38). The summed E-state index contributed by atoms with van der Waals surface area (Å²) in [6, 6.07) is 23.4. The first kappa shape index (κ1) is 27.4. The number of methoxy groups -OCH3 is 1. The fourth-order valence-electron chi connectivity index (χ4n) is 5.35. The van der Waals surface area contributed by atoms with E-state index in [1.165, 1.54) is 0 Å². The van der Waals surface area contributed by atoms with Crippen LogP contribution in [0.25, 0.3) is 0 Å². The minimum absolute atomic E-state index is 0.148. The van der Waals surface area contributed by atoms with E-state index < -0.39 is 0 Å². The molecule has 0 bridgehead atoms. The molecule has 1 aromatic heterocycles. The molecule has 0 radical (unpaired) electrons. The zero-order valence-electron chi connectivity index (χ0n) is 23.6. The van der Waals surface area contributed by atoms with Crippen LogP contribution >= 0.6 is 0 Å². The molecule has 2 aliphatic heterocycles. The maximum absolute atomic E-state index is 12.9. The van der Waals surface area contributed by atoms with Crippen LogP contribution in [-0.4, -0.2) is 53.5 Å². The Morgan fingerprint density at radius 1 is 1.02 bits per heavy atom. The molecule has 0 saturated carbocycles. The number of ether oxygens (including phenoxy) is 1. The summed E-state index contributed by atoms with van der Waals surface area (Å²) >= 11 is 0. The predicted octanol–water partition coefficient (Wildman–Crippen LogP) is 4.97. The summed E-state index contributed by atoms with van der Waals surface area (Å²) in [7, 11) is 1.68. The van der Waals surface area contributed by atoms with E-state index in [4.69, 9.17) is 14.7 Å². The Bertz CT molecular complexity index is 1600. The van der Waals surface area contributed by atoms with Crippen LogP contribution in [0.2, 0.25) is 0 Å². The molecule has 4 aromatic rings. The van der Waals surface area contributed by atoms with Crippen molar-refractivity contribution in [1.29, 1.82) is 0 Å². The molecule has 2 aliphatic rings. The molecule has 1 fully saturated rings. The second kappa shape index (κ2) is 12.4. The summed E-state index contributed by atoms with van der Waals surface area (Å²) in [6.07, 6.45) is 4.29. The van der Waals surface area contributed by atoms with Gasteiger partial charge in [0.05, 0.1) is 18.9 Å². The van der Waals surface area contributed by atoms with Gasteiger partial charge in [0.15, 0.2) is 5.82 Å². The normalized spacial score (nSPS) is 14.5. The van der Waals surface area contributed by atoms with Gasteiger partial charge < -0.3 is 25.4 Å². The molecule has 3 heterocycles. The lowest BCUT2D eigenvalue weighted by Crippen LogP contribution is -2.35. The van der Waals surface area contributed by atoms with E-state index in [1.807, 2.05) is 54.7 Å². The number of piperidine rings is 1. The number of hydrogen-bond donors (Lipinski definition) is 3. The number of carbonyl (C=O) groups excluding carboxylic acids is 1. The van der Waals surface area contributed by atoms with E-state index in [2.05, 4.69) is 38.7 Å². The van der Waals surface area contributed by atoms with Gasteiger partial charge in [-0.25, -0.2) is 9.97 Å². The Balaban J connectivity index is 1.19. The third-order valence-corrected chi connectivity index (χ3v) is 7.64. The minimum Gasteiger partial charge on any atom is -0.496 e. The van der Waals surface area contributed by atoms with Gasteiger partial charge in [-0.3, -0.25) is 9.79 Å². The molecule has 3 N–H and O–H groups in total. The van der Waals surface area contributed by atoms with Crippen LogP contribution in [0.1, 0.15) is 45.8 Å². The quantitative estimate of drug-likeness (QED) is 0.264. The summed E-state index contributed by atoms with van der Waals surface area (Å²) < 4.78 is 5.76. The fraction of sp³-hybridized carbons (Fsp3) is 0.273. The number of nitrogens with one attached hydrogen (secondary N) is 2. The third-order valence-electron chi connectivity index (χ3n) is 7.64. The van der Waals surface area contributed by atoms with Gasteiger partial charge in [0.25, 0.3) is 5.91 Å². The first-order chi connectivity index (χ1) is 20.6. The number of aliphatic imine (C=N–C) groups is 1. The summed E-state index contributed by atoms with van der Waals surface area (Å²) in [6.45, 7) is 2.10. The van der Waals surface area contributed by atoms with Gasteiger partial charge in [-0.05, 0) is 42.7 Å². The van der Waals surface area contributed by atoms with Crippen molar-refractivity contribution in [1.82, 2.24) is 15.3 Å². The molecular weight excluding hydrogens is 528 g/mol. The van der Waals surface area contributed by atoms with Crippen molar-refractivity contribution in [2.24, 2.45) is 4.99 Å². The maximum atomic E-state index is 12.9. The number of aromatic nitrogens is 2. The van der Waals surface area contributed by atoms with Gasteiger partial charge >= 0.3 is 0 Å². The molecule has 1 amide bonds. The van der Waals surface area contributed by atoms with Gasteiger partial charge in [-0.15, -0.1) is 0 Å². The molecular formula is C33H34N6O3. The predicted molar refractivity (Wildman–Crippen MR) is 164 cm³/mol. The van der Waals surface area contributed by atoms with Crippen molar-refractivity contribution >= 4 is 35.0 Å². The average Bonchev–Trinajstić information content (AvgIpc) is 3.50. The number of rotatable bonds is 9. The second-order valence-electron chi connectivity index (χ2n) is 10.6. The van der Waals surface area contributed by atoms with Crippen LogP contribution in [0.3, 0.4) is 0 Å². The van der Waals surface area contributed by atoms with Gasteiger partial charge in [0.1, 0.15) is 17.3 Å². The number of fused-ring (bicyclic) bond motifs is 1. The molecule has 0 aliphatic carbocycles. The largest absolute Gasteiger partial charge is 0.496 e. The monoisotopic (exact) mass is 562 g/mol. The lowest BCUT2D eigenvalue weighted by atomic mass is 10.1. The summed E-state index contributed by atoms with van der Waals surface area (Å²) in [5, 5.41) is 16.2. The fourth-order valence-corrected chi connectivity index (χ4v) is 5.35. The summed E-state index contributed by atoms with van der Waals surface area (Å²) in [5.41, 5.74) is 5.98. The van der Waals surface area contributed by atoms with Crippen LogP contribution in [0.4, 0.5) is 22.9 Å². The van der Waals surface area contributed by atoms with E-state index in [0.29, 0.717) is 42.3 Å². The lowest BCUT2D eigenvalue weighted by molar-refractivity contribution is 0.0951. The van der Waals surface area contributed by atoms with Gasteiger partial charge in [-0.1, -0.05) is 42.5 Å². The molecule has 0 atom stereocenters. The number of nitrogens with zero attached hydrogens (tertiary/aromatic N) is 4. The Hall–Kier alpha value is -4.76. The Kier molecular flexibility index (Phi) is 8.09. The Morgan fingerprint density at radius 2 is 1.86 bits per heavy atom. The molecule has 6 rings (SSSR count). The summed E-state index contributed by atoms with van der Waals surface area (Å²) in [4.78, 5) is 29.3. The molecule has 9 nitrogen and oxygen atoms in total. The first-order valence-corrected chi connectivity index (χ1v) is 14.3. The minimum atomic E-state index is -0.217. The summed E-state index contributed by atoms with van der Waals surface area (Å²) in [5.74, 6) is 1.90. The second-order valence-corrected chi connectivity index (χ2v) is 10.6. The van der Waals surface area contributed by atoms with Crippen molar-refractivity contribution in [3.05, 3.63) is 101 Å². The van der Waals surface area contributed by atoms with Gasteiger partial charge in [0.2, 0.25) is 0 Å². The topological polar surface area (TPSA) is 112 Å². The highest BCUT2D eigenvalue weighted by Crippen LogP contribution is 2.34. The number of benzene rings is 3. The van der Waals surface area contributed by atoms with Crippen molar-refractivity contribution in [2.45, 2.75) is 38.3 Å². The SMILES string of the molecule is COc1cc(N2CCC(O)CC2)ccc1Cc1nc2c(c(Nc3cccc(C(=O)NCc4ccccc4)c3)n1)N=CC2. The number of carbonyl (C=O) groups is 1. The molecule has 0 spiro atoms. The highest BCUT2D eigenvalue weighted by molar-refractivity contribution is 5.95. The first-order valence-electron chi connectivity index (χ1n) is 14.3. The smallest absolute Gasteiger partial charge is 0.251 e. The highest BCUT2D eigenvalue weighted by atomic mass is 16.5.